The lowest BCUT2D eigenvalue weighted by molar-refractivity contribution is -0.173. The minimum absolute atomic E-state index is 0.0288. The Labute approximate surface area is 272 Å². The fraction of sp³-hybridized carbons (Fsp3) is 0.278. The van der Waals surface area contributed by atoms with Gasteiger partial charge in [0.05, 0.1) is 13.2 Å². The number of benzene rings is 4. The molecule has 5 rings (SSSR count). The van der Waals surface area contributed by atoms with Crippen LogP contribution < -0.4 is 0 Å². The van der Waals surface area contributed by atoms with E-state index >= 15 is 8.78 Å². The lowest BCUT2D eigenvalue weighted by Gasteiger charge is -2.44. The molecule has 1 saturated heterocycles. The van der Waals surface area contributed by atoms with Crippen LogP contribution in [-0.4, -0.2) is 36.2 Å². The van der Waals surface area contributed by atoms with Gasteiger partial charge in [-0.05, 0) is 36.1 Å². The fourth-order valence-electron chi connectivity index (χ4n) is 5.58. The Hall–Kier alpha value is -4.37. The number of esters is 1. The summed E-state index contributed by atoms with van der Waals surface area (Å²) in [6.45, 7) is 2.43. The maximum absolute atomic E-state index is 15.4. The van der Waals surface area contributed by atoms with Gasteiger partial charge in [-0.3, -0.25) is 9.46 Å². The van der Waals surface area contributed by atoms with E-state index in [9.17, 15) is 14.2 Å². The van der Waals surface area contributed by atoms with E-state index in [-0.39, 0.29) is 26.2 Å². The fourth-order valence-corrected chi connectivity index (χ4v) is 7.12. The lowest BCUT2D eigenvalue weighted by Crippen LogP contribution is -2.55. The molecule has 0 spiro atoms. The Bertz CT molecular complexity index is 1660. The monoisotopic (exact) mass is 663 g/mol. The van der Waals surface area contributed by atoms with Gasteiger partial charge in [-0.1, -0.05) is 115 Å². The summed E-state index contributed by atoms with van der Waals surface area (Å²) in [6, 6.07) is 30.6. The zero-order valence-electron chi connectivity index (χ0n) is 26.0. The maximum atomic E-state index is 15.4. The second kappa shape index (κ2) is 15.0. The molecule has 1 amide bonds. The molecule has 0 aliphatic carbocycles. The Morgan fingerprint density at radius 1 is 0.787 bits per heavy atom. The van der Waals surface area contributed by atoms with Crippen molar-refractivity contribution in [1.29, 1.82) is 0 Å². The molecule has 0 bridgehead atoms. The number of halogens is 2. The summed E-state index contributed by atoms with van der Waals surface area (Å²) in [5, 5.41) is 0. The number of hydrogen-bond donors (Lipinski definition) is 0. The molecule has 1 aliphatic heterocycles. The van der Waals surface area contributed by atoms with Crippen LogP contribution in [0.1, 0.15) is 53.8 Å². The minimum Gasteiger partial charge on any atom is -0.453 e. The summed E-state index contributed by atoms with van der Waals surface area (Å²) in [5.74, 6) is -0.672. The first-order chi connectivity index (χ1) is 22.7. The maximum Gasteiger partial charge on any atom is 0.411 e. The normalized spacial score (nSPS) is 18.4. The lowest BCUT2D eigenvalue weighted by atomic mass is 9.90. The predicted molar refractivity (Wildman–Crippen MR) is 172 cm³/mol. The summed E-state index contributed by atoms with van der Waals surface area (Å²) in [5.41, 5.74) is -1.86. The van der Waals surface area contributed by atoms with Gasteiger partial charge >= 0.3 is 25.3 Å². The molecule has 4 aromatic rings. The molecular formula is C36H36F2NO7P. The third-order valence-electron chi connectivity index (χ3n) is 7.79. The van der Waals surface area contributed by atoms with Gasteiger partial charge in [-0.2, -0.15) is 8.78 Å². The van der Waals surface area contributed by atoms with Crippen molar-refractivity contribution in [3.8, 4) is 0 Å². The Balaban J connectivity index is 1.51. The van der Waals surface area contributed by atoms with Gasteiger partial charge in [0.15, 0.2) is 6.10 Å². The third kappa shape index (κ3) is 7.46. The molecule has 1 aliphatic rings. The topological polar surface area (TPSA) is 91.4 Å². The SMILES string of the molecule is CCOP(=O)(OCC)C(F)(F)c1ccc(C[C@H]2C(=O)O[C@H](c3ccccc3)[C@H](c3ccccc3)N2C(=O)OCc2ccccc2)cc1. The number of ether oxygens (including phenoxy) is 2. The van der Waals surface area contributed by atoms with E-state index in [1.807, 2.05) is 91.0 Å². The van der Waals surface area contributed by atoms with Crippen LogP contribution in [0.2, 0.25) is 0 Å². The molecule has 246 valence electrons. The van der Waals surface area contributed by atoms with Crippen molar-refractivity contribution in [3.05, 3.63) is 143 Å². The van der Waals surface area contributed by atoms with Crippen molar-refractivity contribution in [2.24, 2.45) is 0 Å². The van der Waals surface area contributed by atoms with Gasteiger partial charge in [0.2, 0.25) is 0 Å². The summed E-state index contributed by atoms with van der Waals surface area (Å²) in [4.78, 5) is 29.2. The van der Waals surface area contributed by atoms with E-state index in [1.165, 1.54) is 30.9 Å². The highest BCUT2D eigenvalue weighted by molar-refractivity contribution is 7.54. The first-order valence-electron chi connectivity index (χ1n) is 15.3. The van der Waals surface area contributed by atoms with E-state index in [0.29, 0.717) is 16.7 Å². The highest BCUT2D eigenvalue weighted by Gasteiger charge is 2.55. The largest absolute Gasteiger partial charge is 0.453 e. The Kier molecular flexibility index (Phi) is 10.9. The molecule has 47 heavy (non-hydrogen) atoms. The van der Waals surface area contributed by atoms with E-state index < -0.39 is 49.1 Å². The zero-order valence-corrected chi connectivity index (χ0v) is 26.9. The van der Waals surface area contributed by atoms with Crippen molar-refractivity contribution in [2.45, 2.75) is 50.7 Å². The van der Waals surface area contributed by atoms with Gasteiger partial charge < -0.3 is 18.5 Å². The second-order valence-electron chi connectivity index (χ2n) is 10.9. The number of morpholine rings is 1. The van der Waals surface area contributed by atoms with Crippen LogP contribution in [0, 0.1) is 0 Å². The van der Waals surface area contributed by atoms with E-state index in [2.05, 4.69) is 0 Å². The molecule has 8 nitrogen and oxygen atoms in total. The van der Waals surface area contributed by atoms with Crippen LogP contribution >= 0.6 is 7.60 Å². The number of carbonyl (C=O) groups is 2. The number of amides is 1. The van der Waals surface area contributed by atoms with Crippen molar-refractivity contribution >= 4 is 19.7 Å². The molecule has 0 unspecified atom stereocenters. The van der Waals surface area contributed by atoms with E-state index in [0.717, 1.165) is 17.7 Å². The molecular weight excluding hydrogens is 627 g/mol. The van der Waals surface area contributed by atoms with Crippen LogP contribution in [0.4, 0.5) is 13.6 Å². The number of rotatable bonds is 12. The summed E-state index contributed by atoms with van der Waals surface area (Å²) >= 11 is 0. The highest BCUT2D eigenvalue weighted by Crippen LogP contribution is 2.66. The molecule has 11 heteroatoms. The summed E-state index contributed by atoms with van der Waals surface area (Å²) in [7, 11) is -4.82. The van der Waals surface area contributed by atoms with Crippen molar-refractivity contribution < 1.29 is 41.5 Å². The van der Waals surface area contributed by atoms with Crippen LogP contribution in [0.5, 0.6) is 0 Å². The zero-order chi connectivity index (χ0) is 33.4. The summed E-state index contributed by atoms with van der Waals surface area (Å²) < 4.78 is 65.5. The van der Waals surface area contributed by atoms with E-state index in [1.54, 1.807) is 0 Å². The Morgan fingerprint density at radius 3 is 1.87 bits per heavy atom. The van der Waals surface area contributed by atoms with Crippen molar-refractivity contribution in [2.75, 3.05) is 13.2 Å². The number of nitrogens with zero attached hydrogens (tertiary/aromatic N) is 1. The van der Waals surface area contributed by atoms with Crippen LogP contribution in [0.25, 0.3) is 0 Å². The molecule has 1 heterocycles. The highest BCUT2D eigenvalue weighted by atomic mass is 31.2. The van der Waals surface area contributed by atoms with Crippen molar-refractivity contribution in [1.82, 2.24) is 4.90 Å². The average Bonchev–Trinajstić information content (AvgIpc) is 3.09. The van der Waals surface area contributed by atoms with Gasteiger partial charge in [0.25, 0.3) is 0 Å². The standard InChI is InChI=1S/C36H36F2NO7P/c1-3-44-47(42,45-4-2)36(37,38)30-22-20-26(21-23-30)24-31-34(40)46-33(29-18-12-7-13-19-29)32(28-16-10-6-11-17-28)39(31)35(41)43-25-27-14-8-5-9-15-27/h5-23,31-33H,3-4,24-25H2,1-2H3/t31-,32-,33+/m0/s1. The molecule has 0 saturated carbocycles. The molecule has 3 atom stereocenters. The molecule has 0 N–H and O–H groups in total. The average molecular weight is 664 g/mol. The first-order valence-corrected chi connectivity index (χ1v) is 16.9. The third-order valence-corrected chi connectivity index (χ3v) is 9.94. The van der Waals surface area contributed by atoms with Crippen LogP contribution in [0.15, 0.2) is 115 Å². The number of cyclic esters (lactones) is 1. The van der Waals surface area contributed by atoms with Gasteiger partial charge in [-0.15, -0.1) is 0 Å². The number of alkyl halides is 2. The van der Waals surface area contributed by atoms with Crippen LogP contribution in [-0.2, 0) is 46.6 Å². The Morgan fingerprint density at radius 2 is 1.32 bits per heavy atom. The molecule has 1 fully saturated rings. The van der Waals surface area contributed by atoms with Crippen LogP contribution in [0.3, 0.4) is 0 Å². The summed E-state index contributed by atoms with van der Waals surface area (Å²) in [6.07, 6.45) is -1.65. The predicted octanol–water partition coefficient (Wildman–Crippen LogP) is 8.59. The molecule has 0 aromatic heterocycles. The number of carbonyl (C=O) groups excluding carboxylic acids is 2. The van der Waals surface area contributed by atoms with Crippen molar-refractivity contribution in [3.63, 3.8) is 0 Å². The van der Waals surface area contributed by atoms with E-state index in [4.69, 9.17) is 18.5 Å². The smallest absolute Gasteiger partial charge is 0.411 e. The second-order valence-corrected chi connectivity index (χ2v) is 12.9. The molecule has 0 radical (unpaired) electrons. The first kappa shape index (κ1) is 34.0. The van der Waals surface area contributed by atoms with Gasteiger partial charge in [0, 0.05) is 12.0 Å². The van der Waals surface area contributed by atoms with Gasteiger partial charge in [0.1, 0.15) is 18.7 Å². The quantitative estimate of drug-likeness (QED) is 0.111. The van der Waals surface area contributed by atoms with Gasteiger partial charge in [-0.25, -0.2) is 9.59 Å². The minimum atomic E-state index is -4.82. The molecule has 4 aromatic carbocycles. The number of hydrogen-bond acceptors (Lipinski definition) is 7.